The molecule has 23 heavy (non-hydrogen) atoms. The fourth-order valence-electron chi connectivity index (χ4n) is 4.61. The minimum atomic E-state index is -1.34. The van der Waals surface area contributed by atoms with Crippen LogP contribution in [-0.2, 0) is 23.9 Å². The van der Waals surface area contributed by atoms with Crippen LogP contribution in [0.3, 0.4) is 0 Å². The number of hydrogen-bond donors (Lipinski definition) is 1. The van der Waals surface area contributed by atoms with Crippen LogP contribution in [0.15, 0.2) is 12.2 Å². The zero-order valence-corrected chi connectivity index (χ0v) is 13.5. The number of rotatable bonds is 2. The van der Waals surface area contributed by atoms with Gasteiger partial charge in [-0.3, -0.25) is 9.59 Å². The van der Waals surface area contributed by atoms with Gasteiger partial charge in [0.15, 0.2) is 0 Å². The van der Waals surface area contributed by atoms with Gasteiger partial charge in [0, 0.05) is 30.8 Å². The Morgan fingerprint density at radius 2 is 2.13 bits per heavy atom. The fraction of sp³-hybridized carbons (Fsp3) is 0.706. The van der Waals surface area contributed by atoms with Crippen molar-refractivity contribution in [2.45, 2.75) is 51.2 Å². The minimum absolute atomic E-state index is 0.0641. The lowest BCUT2D eigenvalue weighted by molar-refractivity contribution is -0.177. The molecule has 3 aliphatic rings. The highest BCUT2D eigenvalue weighted by Crippen LogP contribution is 2.58. The topological polar surface area (TPSA) is 89.9 Å². The second-order valence-electron chi connectivity index (χ2n) is 7.08. The van der Waals surface area contributed by atoms with Crippen molar-refractivity contribution in [3.8, 4) is 0 Å². The van der Waals surface area contributed by atoms with Crippen LogP contribution in [0.1, 0.15) is 39.5 Å². The van der Waals surface area contributed by atoms with Gasteiger partial charge in [-0.2, -0.15) is 0 Å². The van der Waals surface area contributed by atoms with Crippen molar-refractivity contribution in [1.82, 2.24) is 0 Å². The molecule has 0 bridgehead atoms. The largest absolute Gasteiger partial charge is 0.465 e. The molecule has 1 saturated heterocycles. The van der Waals surface area contributed by atoms with Crippen molar-refractivity contribution < 1.29 is 29.0 Å². The average molecular weight is 322 g/mol. The molecule has 0 amide bonds. The van der Waals surface area contributed by atoms with E-state index in [1.165, 1.54) is 6.92 Å². The van der Waals surface area contributed by atoms with E-state index in [0.29, 0.717) is 24.8 Å². The zero-order chi connectivity index (χ0) is 17.0. The first-order valence-electron chi connectivity index (χ1n) is 8.00. The number of aliphatic hydroxyl groups is 1. The van der Waals surface area contributed by atoms with Crippen molar-refractivity contribution in [3.05, 3.63) is 12.2 Å². The second kappa shape index (κ2) is 5.16. The number of carbonyl (C=O) groups excluding carboxylic acids is 3. The van der Waals surface area contributed by atoms with Gasteiger partial charge in [0.05, 0.1) is 17.6 Å². The van der Waals surface area contributed by atoms with E-state index >= 15 is 0 Å². The lowest BCUT2D eigenvalue weighted by atomic mass is 9.65. The van der Waals surface area contributed by atoms with Crippen LogP contribution in [0.25, 0.3) is 0 Å². The van der Waals surface area contributed by atoms with Crippen LogP contribution in [0.2, 0.25) is 0 Å². The molecule has 1 aliphatic heterocycles. The molecule has 0 radical (unpaired) electrons. The fourth-order valence-corrected chi connectivity index (χ4v) is 4.61. The van der Waals surface area contributed by atoms with Crippen molar-refractivity contribution in [2.24, 2.45) is 17.3 Å². The second-order valence-corrected chi connectivity index (χ2v) is 7.08. The predicted molar refractivity (Wildman–Crippen MR) is 79.2 cm³/mol. The molecule has 0 aromatic carbocycles. The van der Waals surface area contributed by atoms with Crippen molar-refractivity contribution in [2.75, 3.05) is 6.61 Å². The quantitative estimate of drug-likeness (QED) is 0.606. The SMILES string of the molecule is C=C1C(=O)O[C@@H]2[C@H]1CC[C@H](COC(C)=O)[C@]1(O)CCC(=O)[C@@]21C. The Hall–Kier alpha value is -1.69. The molecule has 3 rings (SSSR count). The molecule has 126 valence electrons. The number of hydrogen-bond acceptors (Lipinski definition) is 6. The maximum absolute atomic E-state index is 12.6. The van der Waals surface area contributed by atoms with Crippen LogP contribution in [0.4, 0.5) is 0 Å². The Balaban J connectivity index is 2.02. The van der Waals surface area contributed by atoms with Gasteiger partial charge < -0.3 is 14.6 Å². The number of carbonyl (C=O) groups is 3. The summed E-state index contributed by atoms with van der Waals surface area (Å²) in [6.45, 7) is 6.86. The molecule has 1 N–H and O–H groups in total. The third-order valence-corrected chi connectivity index (χ3v) is 6.08. The molecule has 0 spiro atoms. The Labute approximate surface area is 134 Å². The molecule has 0 aromatic heterocycles. The molecule has 0 unspecified atom stereocenters. The minimum Gasteiger partial charge on any atom is -0.465 e. The molecular formula is C17H22O6. The molecule has 6 nitrogen and oxygen atoms in total. The molecule has 6 heteroatoms. The molecule has 2 saturated carbocycles. The Morgan fingerprint density at radius 3 is 2.78 bits per heavy atom. The van der Waals surface area contributed by atoms with Crippen LogP contribution >= 0.6 is 0 Å². The monoisotopic (exact) mass is 322 g/mol. The summed E-state index contributed by atoms with van der Waals surface area (Å²) >= 11 is 0. The van der Waals surface area contributed by atoms with Crippen molar-refractivity contribution in [1.29, 1.82) is 0 Å². The summed E-state index contributed by atoms with van der Waals surface area (Å²) in [5, 5.41) is 11.4. The van der Waals surface area contributed by atoms with Gasteiger partial charge in [0.25, 0.3) is 0 Å². The van der Waals surface area contributed by atoms with Crippen LogP contribution in [0.5, 0.6) is 0 Å². The normalized spacial score (nSPS) is 42.7. The van der Waals surface area contributed by atoms with Gasteiger partial charge in [-0.1, -0.05) is 6.58 Å². The number of ketones is 1. The van der Waals surface area contributed by atoms with E-state index < -0.39 is 29.1 Å². The van der Waals surface area contributed by atoms with Gasteiger partial charge in [0.2, 0.25) is 0 Å². The zero-order valence-electron chi connectivity index (χ0n) is 13.5. The average Bonchev–Trinajstić information content (AvgIpc) is 2.87. The van der Waals surface area contributed by atoms with E-state index in [4.69, 9.17) is 9.47 Å². The third-order valence-electron chi connectivity index (χ3n) is 6.08. The highest BCUT2D eigenvalue weighted by Gasteiger charge is 2.69. The van der Waals surface area contributed by atoms with Crippen molar-refractivity contribution in [3.63, 3.8) is 0 Å². The van der Waals surface area contributed by atoms with E-state index in [1.807, 2.05) is 0 Å². The molecule has 3 fully saturated rings. The number of fused-ring (bicyclic) bond motifs is 3. The lowest BCUT2D eigenvalue weighted by Crippen LogP contribution is -2.57. The molecule has 1 heterocycles. The summed E-state index contributed by atoms with van der Waals surface area (Å²) in [5.74, 6) is -1.64. The third kappa shape index (κ3) is 2.07. The van der Waals surface area contributed by atoms with Gasteiger partial charge in [0.1, 0.15) is 11.9 Å². The summed E-state index contributed by atoms with van der Waals surface area (Å²) in [7, 11) is 0. The summed E-state index contributed by atoms with van der Waals surface area (Å²) in [4.78, 5) is 35.7. The maximum Gasteiger partial charge on any atom is 0.334 e. The smallest absolute Gasteiger partial charge is 0.334 e. The number of ether oxygens (including phenoxy) is 2. The summed E-state index contributed by atoms with van der Waals surface area (Å²) in [6.07, 6.45) is 0.957. The molecule has 2 aliphatic carbocycles. The first-order valence-corrected chi connectivity index (χ1v) is 8.00. The van der Waals surface area contributed by atoms with Crippen LogP contribution in [-0.4, -0.2) is 41.1 Å². The Kier molecular flexibility index (Phi) is 3.63. The summed E-state index contributed by atoms with van der Waals surface area (Å²) < 4.78 is 10.6. The van der Waals surface area contributed by atoms with Gasteiger partial charge in [-0.25, -0.2) is 4.79 Å². The number of Topliss-reactive ketones (excluding diaryl/α,β-unsaturated/α-hetero) is 1. The van der Waals surface area contributed by atoms with Gasteiger partial charge in [-0.05, 0) is 26.2 Å². The standard InChI is InChI=1S/C17H22O6/c1-9-12-5-4-11(8-22-10(2)18)17(21)7-6-13(19)16(17,3)14(12)23-15(9)20/h11-12,14,21H,1,4-8H2,2-3H3/t11-,12+,14-,16+,17-/m1/s1. The lowest BCUT2D eigenvalue weighted by Gasteiger charge is -2.44. The van der Waals surface area contributed by atoms with E-state index in [-0.39, 0.29) is 30.6 Å². The molecule has 0 aromatic rings. The highest BCUT2D eigenvalue weighted by molar-refractivity contribution is 5.94. The highest BCUT2D eigenvalue weighted by atomic mass is 16.6. The summed E-state index contributed by atoms with van der Waals surface area (Å²) in [5.41, 5.74) is -2.16. The van der Waals surface area contributed by atoms with E-state index in [1.54, 1.807) is 6.92 Å². The molecule has 5 atom stereocenters. The van der Waals surface area contributed by atoms with Gasteiger partial charge in [-0.15, -0.1) is 0 Å². The van der Waals surface area contributed by atoms with Crippen LogP contribution < -0.4 is 0 Å². The Bertz CT molecular complexity index is 596. The van der Waals surface area contributed by atoms with E-state index in [9.17, 15) is 19.5 Å². The van der Waals surface area contributed by atoms with Crippen LogP contribution in [0, 0.1) is 17.3 Å². The predicted octanol–water partition coefficient (Wildman–Crippen LogP) is 1.16. The first-order chi connectivity index (χ1) is 10.7. The van der Waals surface area contributed by atoms with Crippen molar-refractivity contribution >= 4 is 17.7 Å². The summed E-state index contributed by atoms with van der Waals surface area (Å²) in [6, 6.07) is 0. The van der Waals surface area contributed by atoms with E-state index in [2.05, 4.69) is 6.58 Å². The van der Waals surface area contributed by atoms with Gasteiger partial charge >= 0.3 is 11.9 Å². The Morgan fingerprint density at radius 1 is 1.43 bits per heavy atom. The first kappa shape index (κ1) is 16.2. The molecular weight excluding hydrogens is 300 g/mol. The maximum atomic E-state index is 12.6. The van der Waals surface area contributed by atoms with E-state index in [0.717, 1.165) is 0 Å². The number of esters is 2.